The minimum Gasteiger partial charge on any atom is -0.899 e. The molecule has 0 bridgehead atoms. The Morgan fingerprint density at radius 3 is 2.08 bits per heavy atom. The molecule has 4 heteroatoms. The first-order valence-corrected chi connectivity index (χ1v) is 3.60. The Morgan fingerprint density at radius 1 is 1.17 bits per heavy atom. The van der Waals surface area contributed by atoms with Crippen molar-refractivity contribution in [1.29, 1.82) is 0 Å². The molecule has 1 aromatic carbocycles. The van der Waals surface area contributed by atoms with Crippen LogP contribution in [0.4, 0.5) is 0 Å². The van der Waals surface area contributed by atoms with E-state index in [1.165, 1.54) is 0 Å². The molecule has 0 fully saturated rings. The first-order chi connectivity index (χ1) is 4.84. The van der Waals surface area contributed by atoms with Crippen molar-refractivity contribution in [3.63, 3.8) is 0 Å². The number of hydrogen-bond acceptors (Lipinski definition) is 1. The monoisotopic (exact) mass is 210 g/mol. The quantitative estimate of drug-likeness (QED) is 0.261. The molecule has 0 N–H and O–H groups in total. The third kappa shape index (κ3) is 4.46. The van der Waals surface area contributed by atoms with E-state index < -0.39 is 0 Å². The van der Waals surface area contributed by atoms with Gasteiger partial charge in [0.05, 0.1) is 0 Å². The number of halogens is 1. The molecule has 0 aromatic heterocycles. The van der Waals surface area contributed by atoms with Gasteiger partial charge in [-0.3, -0.25) is 5.76 Å². The van der Waals surface area contributed by atoms with Crippen LogP contribution in [0.25, 0.3) is 5.76 Å². The van der Waals surface area contributed by atoms with Crippen LogP contribution in [0.2, 0.25) is 0 Å². The Morgan fingerprint density at radius 2 is 1.67 bits per heavy atom. The van der Waals surface area contributed by atoms with E-state index in [0.29, 0.717) is 5.56 Å². The van der Waals surface area contributed by atoms with Crippen LogP contribution in [0, 0.1) is 4.99 Å². The first-order valence-electron chi connectivity index (χ1n) is 2.80. The molecule has 52 valence electrons. The summed E-state index contributed by atoms with van der Waals surface area (Å²) in [6.07, 6.45) is 0. The Balaban J connectivity index is 0. The van der Waals surface area contributed by atoms with Gasteiger partial charge in [-0.15, -0.1) is 12.1 Å². The molecule has 12 heavy (non-hydrogen) atoms. The van der Waals surface area contributed by atoms with Gasteiger partial charge < -0.3 is 5.11 Å². The van der Waals surface area contributed by atoms with Gasteiger partial charge in [-0.2, -0.15) is 21.5 Å². The number of hydrogen-bond donors (Lipinski definition) is 0. The van der Waals surface area contributed by atoms with E-state index in [9.17, 15) is 5.11 Å². The normalized spacial score (nSPS) is 9.58. The van der Waals surface area contributed by atoms with Crippen molar-refractivity contribution in [2.75, 3.05) is 0 Å². The summed E-state index contributed by atoms with van der Waals surface area (Å²) in [5.41, 5.74) is 0.652. The second kappa shape index (κ2) is 8.05. The van der Waals surface area contributed by atoms with Crippen LogP contribution in [0.15, 0.2) is 30.3 Å². The van der Waals surface area contributed by atoms with E-state index in [0.717, 1.165) is 0 Å². The van der Waals surface area contributed by atoms with Crippen LogP contribution in [0.5, 0.6) is 0 Å². The van der Waals surface area contributed by atoms with Gasteiger partial charge in [0.25, 0.3) is 0 Å². The first kappa shape index (κ1) is 14.9. The molecule has 1 rings (SSSR count). The van der Waals surface area contributed by atoms with Gasteiger partial charge in [0.2, 0.25) is 0 Å². The average molecular weight is 211 g/mol. The van der Waals surface area contributed by atoms with Crippen LogP contribution in [-0.2, 0) is 0 Å². The number of rotatable bonds is 1. The second-order valence-corrected chi connectivity index (χ2v) is 2.19. The molecule has 0 spiro atoms. The summed E-state index contributed by atoms with van der Waals surface area (Å²) in [5.74, 6) is -0.124. The molecule has 1 aromatic rings. The Hall–Kier alpha value is 0.435. The molecule has 0 unspecified atom stereocenters. The molecule has 0 atom stereocenters. The molecule has 0 amide bonds. The number of benzene rings is 1. The van der Waals surface area contributed by atoms with Gasteiger partial charge in [0.15, 0.2) is 0 Å². The van der Waals surface area contributed by atoms with Crippen LogP contribution in [0.3, 0.4) is 0 Å². The van der Waals surface area contributed by atoms with Crippen LogP contribution in [-0.4, -0.2) is 0 Å². The van der Waals surface area contributed by atoms with Gasteiger partial charge in [-0.1, -0.05) is 18.2 Å². The Kier molecular flexibility index (Phi) is 10.0. The summed E-state index contributed by atoms with van der Waals surface area (Å²) >= 11 is 2.85. The third-order valence-corrected chi connectivity index (χ3v) is 1.48. The van der Waals surface area contributed by atoms with Crippen LogP contribution < -0.4 is 42.8 Å². The summed E-state index contributed by atoms with van der Waals surface area (Å²) in [6, 6.07) is 8.99. The van der Waals surface area contributed by atoms with Gasteiger partial charge >= 0.3 is 37.7 Å². The molecule has 1 nitrogen and oxygen atoms in total. The van der Waals surface area contributed by atoms with Crippen molar-refractivity contribution in [2.45, 2.75) is 0 Å². The maximum Gasteiger partial charge on any atom is 1.00 e. The third-order valence-electron chi connectivity index (χ3n) is 1.12. The van der Waals surface area contributed by atoms with Crippen LogP contribution >= 0.6 is 15.9 Å². The average Bonchev–Trinajstić information content (AvgIpc) is 2.05. The Labute approximate surface area is 105 Å². The Bertz CT molecular complexity index is 236. The van der Waals surface area contributed by atoms with Crippen LogP contribution in [0.1, 0.15) is 5.56 Å². The summed E-state index contributed by atoms with van der Waals surface area (Å²) in [6.45, 7) is 0. The second-order valence-electron chi connectivity index (χ2n) is 1.79. The maximum atomic E-state index is 10.9. The topological polar surface area (TPSA) is 23.1 Å². The SMILES string of the molecule is [Li+].[Li+].[O-]C(=[C-]Br)c1ccccc1. The molecule has 0 aliphatic rings. The molecular formula is C8H5BrLi2O. The van der Waals surface area contributed by atoms with Gasteiger partial charge in [-0.25, -0.2) is 4.99 Å². The summed E-state index contributed by atoms with van der Waals surface area (Å²) in [5, 5.41) is 10.9. The zero-order valence-corrected chi connectivity index (χ0v) is 8.76. The largest absolute Gasteiger partial charge is 1.00 e. The van der Waals surface area contributed by atoms with Gasteiger partial charge in [0, 0.05) is 0 Å². The maximum absolute atomic E-state index is 10.9. The van der Waals surface area contributed by atoms with E-state index in [1.807, 2.05) is 18.2 Å². The van der Waals surface area contributed by atoms with E-state index in [4.69, 9.17) is 0 Å². The van der Waals surface area contributed by atoms with E-state index in [-0.39, 0.29) is 43.5 Å². The zero-order chi connectivity index (χ0) is 7.40. The van der Waals surface area contributed by atoms with Gasteiger partial charge in [0.1, 0.15) is 0 Å². The van der Waals surface area contributed by atoms with E-state index in [2.05, 4.69) is 20.9 Å². The fraction of sp³-hybridized carbons (Fsp3) is 0. The molecule has 0 heterocycles. The van der Waals surface area contributed by atoms with Crippen molar-refractivity contribution in [2.24, 2.45) is 0 Å². The molecular weight excluding hydrogens is 206 g/mol. The molecule has 0 aliphatic carbocycles. The summed E-state index contributed by atoms with van der Waals surface area (Å²) in [7, 11) is 0. The fourth-order valence-electron chi connectivity index (χ4n) is 0.644. The summed E-state index contributed by atoms with van der Waals surface area (Å²) < 4.78 is 0. The molecule has 0 aliphatic heterocycles. The molecule has 0 radical (unpaired) electrons. The van der Waals surface area contributed by atoms with Crippen molar-refractivity contribution in [3.8, 4) is 0 Å². The van der Waals surface area contributed by atoms with Gasteiger partial charge in [-0.05, 0) is 0 Å². The smallest absolute Gasteiger partial charge is 0.899 e. The molecule has 0 saturated carbocycles. The molecule has 0 saturated heterocycles. The minimum atomic E-state index is -0.124. The predicted octanol–water partition coefficient (Wildman–Crippen LogP) is -4.45. The standard InChI is InChI=1S/C8H6BrO.2Li/c9-6-8(10)7-4-2-1-3-5-7;;/h1-5,10H;;/q-1;2*+1/p-1. The van der Waals surface area contributed by atoms with Crippen molar-refractivity contribution >= 4 is 21.7 Å². The zero-order valence-electron chi connectivity index (χ0n) is 7.17. The fourth-order valence-corrected chi connectivity index (χ4v) is 0.873. The van der Waals surface area contributed by atoms with Crippen molar-refractivity contribution in [3.05, 3.63) is 40.9 Å². The summed E-state index contributed by atoms with van der Waals surface area (Å²) in [4.78, 5) is 2.35. The van der Waals surface area contributed by atoms with Crippen molar-refractivity contribution < 1.29 is 42.8 Å². The minimum absolute atomic E-state index is 0. The van der Waals surface area contributed by atoms with E-state index >= 15 is 0 Å². The predicted molar refractivity (Wildman–Crippen MR) is 42.0 cm³/mol. The van der Waals surface area contributed by atoms with E-state index in [1.54, 1.807) is 12.1 Å². The van der Waals surface area contributed by atoms with Crippen molar-refractivity contribution in [1.82, 2.24) is 0 Å².